The summed E-state index contributed by atoms with van der Waals surface area (Å²) in [7, 11) is 0. The maximum absolute atomic E-state index is 11.8. The van der Waals surface area contributed by atoms with Crippen LogP contribution in [0.1, 0.15) is 26.6 Å². The van der Waals surface area contributed by atoms with Crippen LogP contribution in [0.15, 0.2) is 29.6 Å². The Hall–Kier alpha value is -2.19. The third kappa shape index (κ3) is 3.47. The second kappa shape index (κ2) is 6.06. The molecule has 3 rings (SSSR count). The molecule has 2 aromatic heterocycles. The van der Waals surface area contributed by atoms with Gasteiger partial charge in [0.25, 0.3) is 5.91 Å². The van der Waals surface area contributed by atoms with Gasteiger partial charge in [-0.3, -0.25) is 10.1 Å². The summed E-state index contributed by atoms with van der Waals surface area (Å²) in [5.41, 5.74) is 2.68. The van der Waals surface area contributed by atoms with Crippen LogP contribution in [0, 0.1) is 6.92 Å². The van der Waals surface area contributed by atoms with Crippen molar-refractivity contribution in [3.05, 3.63) is 51.5 Å². The Morgan fingerprint density at radius 2 is 2.00 bits per heavy atom. The molecule has 0 aliphatic rings. The van der Waals surface area contributed by atoms with Crippen LogP contribution in [0.4, 0.5) is 5.13 Å². The molecule has 1 amide bonds. The zero-order valence-electron chi connectivity index (χ0n) is 11.1. The topological polar surface area (TPSA) is 80.7 Å². The molecule has 3 aromatic rings. The van der Waals surface area contributed by atoms with Crippen molar-refractivity contribution in [1.29, 1.82) is 0 Å². The Labute approximate surface area is 129 Å². The summed E-state index contributed by atoms with van der Waals surface area (Å²) in [6.07, 6.45) is 0.700. The molecular weight excluding hydrogens is 306 g/mol. The third-order valence-electron chi connectivity index (χ3n) is 2.76. The molecule has 0 fully saturated rings. The lowest BCUT2D eigenvalue weighted by Crippen LogP contribution is -2.12. The normalized spacial score (nSPS) is 10.5. The van der Waals surface area contributed by atoms with Gasteiger partial charge in [0.15, 0.2) is 5.69 Å². The van der Waals surface area contributed by atoms with Gasteiger partial charge in [0.05, 0.1) is 0 Å². The van der Waals surface area contributed by atoms with E-state index in [1.165, 1.54) is 22.5 Å². The molecule has 0 saturated heterocycles. The van der Waals surface area contributed by atoms with E-state index in [0.717, 1.165) is 16.5 Å². The Morgan fingerprint density at radius 3 is 2.71 bits per heavy atom. The largest absolute Gasteiger partial charge is 0.295 e. The van der Waals surface area contributed by atoms with Crippen LogP contribution in [0.5, 0.6) is 0 Å². The molecule has 0 saturated carbocycles. The van der Waals surface area contributed by atoms with Crippen molar-refractivity contribution in [2.24, 2.45) is 0 Å². The summed E-state index contributed by atoms with van der Waals surface area (Å²) >= 11 is 2.49. The van der Waals surface area contributed by atoms with E-state index in [1.54, 1.807) is 5.38 Å². The summed E-state index contributed by atoms with van der Waals surface area (Å²) in [5.74, 6) is -0.318. The number of hydrogen-bond donors (Lipinski definition) is 1. The summed E-state index contributed by atoms with van der Waals surface area (Å²) in [6, 6.07) is 8.26. The number of nitrogens with zero attached hydrogens (tertiary/aromatic N) is 4. The first kappa shape index (κ1) is 13.8. The number of carbonyl (C=O) groups is 1. The number of rotatable bonds is 4. The van der Waals surface area contributed by atoms with E-state index in [4.69, 9.17) is 0 Å². The number of anilines is 1. The molecule has 21 heavy (non-hydrogen) atoms. The highest BCUT2D eigenvalue weighted by molar-refractivity contribution is 7.15. The highest BCUT2D eigenvalue weighted by Gasteiger charge is 2.12. The molecule has 0 aliphatic heterocycles. The summed E-state index contributed by atoms with van der Waals surface area (Å²) < 4.78 is 3.65. The fraction of sp³-hybridized carbons (Fsp3) is 0.154. The zero-order chi connectivity index (χ0) is 14.7. The van der Waals surface area contributed by atoms with Gasteiger partial charge in [0.1, 0.15) is 5.01 Å². The number of aromatic nitrogens is 4. The minimum absolute atomic E-state index is 0.287. The lowest BCUT2D eigenvalue weighted by molar-refractivity contribution is 0.102. The van der Waals surface area contributed by atoms with Crippen LogP contribution in [0.3, 0.4) is 0 Å². The average molecular weight is 317 g/mol. The molecule has 1 aromatic carbocycles. The molecule has 0 spiro atoms. The maximum atomic E-state index is 11.8. The highest BCUT2D eigenvalue weighted by Crippen LogP contribution is 2.19. The second-order valence-corrected chi connectivity index (χ2v) is 6.08. The molecule has 0 radical (unpaired) electrons. The van der Waals surface area contributed by atoms with E-state index in [0.29, 0.717) is 11.6 Å². The Kier molecular flexibility index (Phi) is 3.98. The molecule has 0 aliphatic carbocycles. The first-order valence-electron chi connectivity index (χ1n) is 6.17. The first-order valence-corrected chi connectivity index (χ1v) is 7.82. The van der Waals surface area contributed by atoms with Crippen LogP contribution in [0.25, 0.3) is 0 Å². The lowest BCUT2D eigenvalue weighted by Gasteiger charge is -1.98. The molecule has 6 nitrogen and oxygen atoms in total. The maximum Gasteiger partial charge on any atom is 0.278 e. The smallest absolute Gasteiger partial charge is 0.278 e. The summed E-state index contributed by atoms with van der Waals surface area (Å²) in [4.78, 5) is 11.8. The fourth-order valence-electron chi connectivity index (χ4n) is 1.68. The quantitative estimate of drug-likeness (QED) is 0.800. The third-order valence-corrected chi connectivity index (χ3v) is 4.10. The van der Waals surface area contributed by atoms with E-state index < -0.39 is 0 Å². The van der Waals surface area contributed by atoms with Gasteiger partial charge in [-0.2, -0.15) is 0 Å². The Morgan fingerprint density at radius 1 is 1.19 bits per heavy atom. The van der Waals surface area contributed by atoms with Gasteiger partial charge in [0, 0.05) is 11.8 Å². The van der Waals surface area contributed by atoms with Crippen LogP contribution in [0.2, 0.25) is 0 Å². The van der Waals surface area contributed by atoms with Gasteiger partial charge in [0.2, 0.25) is 5.13 Å². The highest BCUT2D eigenvalue weighted by atomic mass is 32.1. The molecule has 0 bridgehead atoms. The van der Waals surface area contributed by atoms with Crippen LogP contribution in [-0.2, 0) is 6.42 Å². The van der Waals surface area contributed by atoms with Crippen LogP contribution in [-0.4, -0.2) is 25.7 Å². The molecule has 0 unspecified atom stereocenters. The number of hydrogen-bond acceptors (Lipinski definition) is 7. The predicted molar refractivity (Wildman–Crippen MR) is 81.8 cm³/mol. The molecule has 2 heterocycles. The summed E-state index contributed by atoms with van der Waals surface area (Å²) in [6.45, 7) is 2.05. The van der Waals surface area contributed by atoms with Crippen molar-refractivity contribution in [3.8, 4) is 0 Å². The minimum atomic E-state index is -0.318. The van der Waals surface area contributed by atoms with Gasteiger partial charge < -0.3 is 0 Å². The van der Waals surface area contributed by atoms with Crippen LogP contribution >= 0.6 is 22.9 Å². The van der Waals surface area contributed by atoms with Gasteiger partial charge in [-0.25, -0.2) is 0 Å². The Bertz CT molecular complexity index is 736. The van der Waals surface area contributed by atoms with Gasteiger partial charge >= 0.3 is 0 Å². The molecule has 106 valence electrons. The van der Waals surface area contributed by atoms with Crippen molar-refractivity contribution in [2.45, 2.75) is 13.3 Å². The van der Waals surface area contributed by atoms with Crippen molar-refractivity contribution < 1.29 is 4.79 Å². The second-order valence-electron chi connectivity index (χ2n) is 4.41. The van der Waals surface area contributed by atoms with E-state index in [9.17, 15) is 4.79 Å². The van der Waals surface area contributed by atoms with Gasteiger partial charge in [-0.05, 0) is 24.0 Å². The molecule has 0 atom stereocenters. The molecular formula is C13H11N5OS2. The van der Waals surface area contributed by atoms with E-state index in [-0.39, 0.29) is 11.6 Å². The summed E-state index contributed by atoms with van der Waals surface area (Å²) in [5, 5.41) is 17.3. The van der Waals surface area contributed by atoms with Crippen LogP contribution < -0.4 is 5.32 Å². The van der Waals surface area contributed by atoms with Crippen molar-refractivity contribution in [2.75, 3.05) is 5.32 Å². The lowest BCUT2D eigenvalue weighted by atomic mass is 10.1. The Balaban J connectivity index is 1.66. The fourth-order valence-corrected chi connectivity index (χ4v) is 2.89. The average Bonchev–Trinajstić information content (AvgIpc) is 3.13. The molecule has 8 heteroatoms. The van der Waals surface area contributed by atoms with E-state index >= 15 is 0 Å². The predicted octanol–water partition coefficient (Wildman–Crippen LogP) is 2.54. The van der Waals surface area contributed by atoms with Gasteiger partial charge in [-0.1, -0.05) is 45.7 Å². The van der Waals surface area contributed by atoms with Gasteiger partial charge in [-0.15, -0.1) is 15.3 Å². The van der Waals surface area contributed by atoms with Crippen molar-refractivity contribution in [1.82, 2.24) is 19.8 Å². The van der Waals surface area contributed by atoms with Crippen molar-refractivity contribution >= 4 is 33.9 Å². The van der Waals surface area contributed by atoms with Crippen molar-refractivity contribution in [3.63, 3.8) is 0 Å². The number of aryl methyl sites for hydroxylation is 1. The standard InChI is InChI=1S/C13H11N5OS2/c1-8-2-4-9(5-3-8)6-11-16-17-13(21-11)14-12(19)10-7-20-18-15-10/h2-5,7H,6H2,1H3,(H,14,17,19). The molecule has 1 N–H and O–H groups in total. The number of amides is 1. The number of benzene rings is 1. The van der Waals surface area contributed by atoms with E-state index in [2.05, 4.69) is 56.3 Å². The number of nitrogens with one attached hydrogen (secondary N) is 1. The SMILES string of the molecule is Cc1ccc(Cc2nnc(NC(=O)c3csnn3)s2)cc1. The monoisotopic (exact) mass is 317 g/mol. The zero-order valence-corrected chi connectivity index (χ0v) is 12.7. The first-order chi connectivity index (χ1) is 10.2. The minimum Gasteiger partial charge on any atom is -0.295 e. The number of carbonyl (C=O) groups excluding carboxylic acids is 1. The van der Waals surface area contributed by atoms with E-state index in [1.807, 2.05) is 0 Å².